The smallest absolute Gasteiger partial charge is 0.245 e. The number of carbonyl (C=O) groups is 3. The standard InChI is InChI=1S/C19H36N4O5/c1-11(2)10-28-15-7-14(8-21-9-15)18(26)23-17(13(4)25)19(27)22-16(5-6-20)12(3)24/h11,13-17,21,25H,5-10,20H2,1-4H3,(H,22,27)(H,23,26)/t13-,14?,15?,16-,17-/m0/s1. The summed E-state index contributed by atoms with van der Waals surface area (Å²) in [6.07, 6.45) is -0.345. The predicted octanol–water partition coefficient (Wildman–Crippen LogP) is -1.07. The summed E-state index contributed by atoms with van der Waals surface area (Å²) >= 11 is 0. The molecule has 1 saturated heterocycles. The van der Waals surface area contributed by atoms with Crippen molar-refractivity contribution >= 4 is 17.6 Å². The molecule has 1 aliphatic heterocycles. The van der Waals surface area contributed by atoms with Crippen LogP contribution in [0.15, 0.2) is 0 Å². The van der Waals surface area contributed by atoms with Gasteiger partial charge in [-0.05, 0) is 39.2 Å². The second-order valence-electron chi connectivity index (χ2n) is 7.92. The molecule has 162 valence electrons. The monoisotopic (exact) mass is 400 g/mol. The van der Waals surface area contributed by atoms with Crippen molar-refractivity contribution in [3.63, 3.8) is 0 Å². The number of aliphatic hydroxyl groups is 1. The van der Waals surface area contributed by atoms with Gasteiger partial charge in [0.25, 0.3) is 0 Å². The molecule has 0 spiro atoms. The molecule has 5 atom stereocenters. The van der Waals surface area contributed by atoms with E-state index >= 15 is 0 Å². The van der Waals surface area contributed by atoms with Crippen molar-refractivity contribution in [3.05, 3.63) is 0 Å². The Morgan fingerprint density at radius 3 is 2.43 bits per heavy atom. The van der Waals surface area contributed by atoms with Crippen molar-refractivity contribution in [3.8, 4) is 0 Å². The van der Waals surface area contributed by atoms with Gasteiger partial charge in [0.2, 0.25) is 11.8 Å². The minimum absolute atomic E-state index is 0.0719. The minimum atomic E-state index is -1.15. The lowest BCUT2D eigenvalue weighted by Crippen LogP contribution is -2.58. The van der Waals surface area contributed by atoms with Gasteiger partial charge in [-0.15, -0.1) is 0 Å². The molecule has 0 aromatic rings. The number of ketones is 1. The van der Waals surface area contributed by atoms with Gasteiger partial charge in [0, 0.05) is 19.7 Å². The van der Waals surface area contributed by atoms with Crippen molar-refractivity contribution in [2.24, 2.45) is 17.6 Å². The highest BCUT2D eigenvalue weighted by atomic mass is 16.5. The molecule has 28 heavy (non-hydrogen) atoms. The summed E-state index contributed by atoms with van der Waals surface area (Å²) in [5.41, 5.74) is 5.47. The van der Waals surface area contributed by atoms with Gasteiger partial charge in [0.1, 0.15) is 6.04 Å². The van der Waals surface area contributed by atoms with Gasteiger partial charge in [0.15, 0.2) is 5.78 Å². The highest BCUT2D eigenvalue weighted by Gasteiger charge is 2.33. The van der Waals surface area contributed by atoms with E-state index in [1.54, 1.807) is 0 Å². The number of amides is 2. The molecule has 1 aliphatic rings. The lowest BCUT2D eigenvalue weighted by Gasteiger charge is -2.31. The van der Waals surface area contributed by atoms with Crippen molar-refractivity contribution < 1.29 is 24.2 Å². The minimum Gasteiger partial charge on any atom is -0.391 e. The predicted molar refractivity (Wildman–Crippen MR) is 105 cm³/mol. The van der Waals surface area contributed by atoms with Crippen LogP contribution in [0.25, 0.3) is 0 Å². The van der Waals surface area contributed by atoms with Crippen LogP contribution < -0.4 is 21.7 Å². The third-order valence-corrected chi connectivity index (χ3v) is 4.67. The summed E-state index contributed by atoms with van der Waals surface area (Å²) in [6.45, 7) is 8.91. The lowest BCUT2D eigenvalue weighted by molar-refractivity contribution is -0.136. The Hall–Kier alpha value is -1.55. The number of aliphatic hydroxyl groups excluding tert-OH is 1. The molecule has 2 amide bonds. The maximum atomic E-state index is 12.7. The average Bonchev–Trinajstić information content (AvgIpc) is 2.63. The first kappa shape index (κ1) is 24.5. The molecule has 6 N–H and O–H groups in total. The van der Waals surface area contributed by atoms with Crippen LogP contribution in [0.4, 0.5) is 0 Å². The molecule has 0 aromatic carbocycles. The highest BCUT2D eigenvalue weighted by molar-refractivity contribution is 5.92. The zero-order chi connectivity index (χ0) is 21.3. The van der Waals surface area contributed by atoms with E-state index in [1.807, 2.05) is 0 Å². The third-order valence-electron chi connectivity index (χ3n) is 4.67. The van der Waals surface area contributed by atoms with Crippen LogP contribution in [0.2, 0.25) is 0 Å². The summed E-state index contributed by atoms with van der Waals surface area (Å²) in [5, 5.41) is 18.3. The largest absolute Gasteiger partial charge is 0.391 e. The fourth-order valence-electron chi connectivity index (χ4n) is 3.04. The number of nitrogens with two attached hydrogens (primary N) is 1. The summed E-state index contributed by atoms with van der Waals surface area (Å²) in [6, 6.07) is -1.88. The first-order chi connectivity index (χ1) is 13.1. The van der Waals surface area contributed by atoms with Crippen LogP contribution in [0, 0.1) is 11.8 Å². The van der Waals surface area contributed by atoms with Crippen LogP contribution in [0.1, 0.15) is 40.5 Å². The highest BCUT2D eigenvalue weighted by Crippen LogP contribution is 2.15. The molecule has 0 radical (unpaired) electrons. The Morgan fingerprint density at radius 2 is 1.89 bits per heavy atom. The van der Waals surface area contributed by atoms with E-state index in [-0.39, 0.29) is 30.3 Å². The van der Waals surface area contributed by atoms with E-state index in [0.29, 0.717) is 38.5 Å². The van der Waals surface area contributed by atoms with Crippen molar-refractivity contribution in [1.29, 1.82) is 0 Å². The second kappa shape index (κ2) is 12.1. The Morgan fingerprint density at radius 1 is 1.21 bits per heavy atom. The van der Waals surface area contributed by atoms with E-state index < -0.39 is 24.1 Å². The van der Waals surface area contributed by atoms with Gasteiger partial charge in [-0.2, -0.15) is 0 Å². The number of carbonyl (C=O) groups excluding carboxylic acids is 3. The van der Waals surface area contributed by atoms with Crippen molar-refractivity contribution in [1.82, 2.24) is 16.0 Å². The number of hydrogen-bond acceptors (Lipinski definition) is 7. The van der Waals surface area contributed by atoms with E-state index in [1.165, 1.54) is 13.8 Å². The molecule has 9 heteroatoms. The van der Waals surface area contributed by atoms with Crippen LogP contribution in [-0.4, -0.2) is 73.2 Å². The summed E-state index contributed by atoms with van der Waals surface area (Å²) in [5.74, 6) is -1.12. The van der Waals surface area contributed by atoms with E-state index in [4.69, 9.17) is 10.5 Å². The van der Waals surface area contributed by atoms with Crippen LogP contribution in [-0.2, 0) is 19.1 Å². The molecule has 1 rings (SSSR count). The van der Waals surface area contributed by atoms with E-state index in [2.05, 4.69) is 29.8 Å². The average molecular weight is 401 g/mol. The van der Waals surface area contributed by atoms with E-state index in [0.717, 1.165) is 0 Å². The maximum absolute atomic E-state index is 12.7. The fourth-order valence-corrected chi connectivity index (χ4v) is 3.04. The Bertz CT molecular complexity index is 526. The van der Waals surface area contributed by atoms with Gasteiger partial charge in [-0.3, -0.25) is 14.4 Å². The SMILES string of the molecule is CC(=O)[C@H](CCN)NC(=O)[C@@H](NC(=O)C1CNCC(OCC(C)C)C1)[C@H](C)O. The number of hydrogen-bond donors (Lipinski definition) is 5. The Kier molecular flexibility index (Phi) is 10.6. The number of rotatable bonds is 11. The molecule has 1 fully saturated rings. The first-order valence-corrected chi connectivity index (χ1v) is 9.97. The Labute approximate surface area is 167 Å². The summed E-state index contributed by atoms with van der Waals surface area (Å²) in [7, 11) is 0. The molecular formula is C19H36N4O5. The quantitative estimate of drug-likeness (QED) is 0.297. The van der Waals surface area contributed by atoms with Gasteiger partial charge < -0.3 is 31.5 Å². The second-order valence-corrected chi connectivity index (χ2v) is 7.92. The molecule has 1 heterocycles. The van der Waals surface area contributed by atoms with Gasteiger partial charge >= 0.3 is 0 Å². The molecular weight excluding hydrogens is 364 g/mol. The van der Waals surface area contributed by atoms with Crippen molar-refractivity contribution in [2.75, 3.05) is 26.2 Å². The molecule has 9 nitrogen and oxygen atoms in total. The number of piperidine rings is 1. The zero-order valence-corrected chi connectivity index (χ0v) is 17.4. The lowest BCUT2D eigenvalue weighted by atomic mass is 9.95. The molecule has 0 bridgehead atoms. The van der Waals surface area contributed by atoms with Crippen LogP contribution in [0.3, 0.4) is 0 Å². The topological polar surface area (TPSA) is 143 Å². The number of nitrogens with one attached hydrogen (secondary N) is 3. The van der Waals surface area contributed by atoms with Gasteiger partial charge in [-0.1, -0.05) is 13.8 Å². The summed E-state index contributed by atoms with van der Waals surface area (Å²) < 4.78 is 5.81. The molecule has 0 aromatic heterocycles. The van der Waals surface area contributed by atoms with Crippen LogP contribution >= 0.6 is 0 Å². The fraction of sp³-hybridized carbons (Fsp3) is 0.842. The Balaban J connectivity index is 2.68. The van der Waals surface area contributed by atoms with Crippen molar-refractivity contribution in [2.45, 2.75) is 64.8 Å². The first-order valence-electron chi connectivity index (χ1n) is 9.97. The molecule has 0 aliphatic carbocycles. The third kappa shape index (κ3) is 8.22. The zero-order valence-electron chi connectivity index (χ0n) is 17.4. The van der Waals surface area contributed by atoms with Gasteiger partial charge in [-0.25, -0.2) is 0 Å². The molecule has 0 saturated carbocycles. The molecule has 2 unspecified atom stereocenters. The van der Waals surface area contributed by atoms with Gasteiger partial charge in [0.05, 0.1) is 24.2 Å². The maximum Gasteiger partial charge on any atom is 0.245 e. The number of ether oxygens (including phenoxy) is 1. The van der Waals surface area contributed by atoms with Crippen LogP contribution in [0.5, 0.6) is 0 Å². The summed E-state index contributed by atoms with van der Waals surface area (Å²) in [4.78, 5) is 36.8. The number of Topliss-reactive ketones (excluding diaryl/α,β-unsaturated/α-hetero) is 1. The van der Waals surface area contributed by atoms with E-state index in [9.17, 15) is 19.5 Å². The normalized spacial score (nSPS) is 23.0.